The first-order valence-corrected chi connectivity index (χ1v) is 7.20. The molecule has 2 fully saturated rings. The molecule has 0 aromatic carbocycles. The Morgan fingerprint density at radius 1 is 1.18 bits per heavy atom. The quantitative estimate of drug-likeness (QED) is 0.790. The third-order valence-electron chi connectivity index (χ3n) is 4.56. The highest BCUT2D eigenvalue weighted by Crippen LogP contribution is 2.38. The second kappa shape index (κ2) is 5.64. The summed E-state index contributed by atoms with van der Waals surface area (Å²) in [6.45, 7) is 3.06. The van der Waals surface area contributed by atoms with Gasteiger partial charge in [0, 0.05) is 18.9 Å². The van der Waals surface area contributed by atoms with Crippen molar-refractivity contribution in [3.63, 3.8) is 0 Å². The first-order valence-electron chi connectivity index (χ1n) is 7.20. The zero-order valence-electron chi connectivity index (χ0n) is 10.9. The molecule has 0 aromatic heterocycles. The topological polar surface area (TPSA) is 12.0 Å². The average molecular weight is 245 g/mol. The summed E-state index contributed by atoms with van der Waals surface area (Å²) in [5.74, 6) is -1.33. The van der Waals surface area contributed by atoms with Crippen LogP contribution < -0.4 is 5.32 Å². The third-order valence-corrected chi connectivity index (χ3v) is 4.56. The van der Waals surface area contributed by atoms with E-state index in [2.05, 4.69) is 12.2 Å². The van der Waals surface area contributed by atoms with Crippen LogP contribution in [-0.4, -0.2) is 18.5 Å². The van der Waals surface area contributed by atoms with E-state index in [0.717, 1.165) is 12.5 Å². The van der Waals surface area contributed by atoms with Gasteiger partial charge in [-0.2, -0.15) is 0 Å². The fourth-order valence-corrected chi connectivity index (χ4v) is 3.40. The Kier molecular flexibility index (Phi) is 4.40. The largest absolute Gasteiger partial charge is 0.314 e. The molecular weight excluding hydrogens is 220 g/mol. The molecule has 2 aliphatic rings. The van der Waals surface area contributed by atoms with E-state index < -0.39 is 5.92 Å². The van der Waals surface area contributed by atoms with Gasteiger partial charge in [-0.3, -0.25) is 0 Å². The predicted molar refractivity (Wildman–Crippen MR) is 66.3 cm³/mol. The van der Waals surface area contributed by atoms with Crippen LogP contribution in [0.25, 0.3) is 0 Å². The van der Waals surface area contributed by atoms with Gasteiger partial charge in [-0.15, -0.1) is 0 Å². The number of nitrogens with one attached hydrogen (secondary N) is 1. The van der Waals surface area contributed by atoms with Crippen molar-refractivity contribution in [2.75, 3.05) is 6.54 Å². The van der Waals surface area contributed by atoms with Gasteiger partial charge in [0.25, 0.3) is 0 Å². The van der Waals surface area contributed by atoms with Crippen molar-refractivity contribution >= 4 is 0 Å². The van der Waals surface area contributed by atoms with Crippen molar-refractivity contribution in [3.05, 3.63) is 0 Å². The van der Waals surface area contributed by atoms with Gasteiger partial charge in [-0.05, 0) is 37.6 Å². The number of alkyl halides is 2. The van der Waals surface area contributed by atoms with Gasteiger partial charge in [-0.25, -0.2) is 8.78 Å². The first kappa shape index (κ1) is 13.3. The molecule has 0 amide bonds. The summed E-state index contributed by atoms with van der Waals surface area (Å²) in [4.78, 5) is 0. The monoisotopic (exact) mass is 245 g/mol. The summed E-state index contributed by atoms with van der Waals surface area (Å²) in [5, 5.41) is 3.53. The van der Waals surface area contributed by atoms with Gasteiger partial charge in [0.05, 0.1) is 0 Å². The van der Waals surface area contributed by atoms with Crippen LogP contribution in [0, 0.1) is 11.8 Å². The molecule has 0 aliphatic heterocycles. The zero-order valence-corrected chi connectivity index (χ0v) is 10.9. The third kappa shape index (κ3) is 3.90. The standard InChI is InChI=1S/C14H25F2N/c1-2-11-4-3-5-13(8-11)17-10-12-6-7-14(15,16)9-12/h11-13,17H,2-10H2,1H3. The van der Waals surface area contributed by atoms with Gasteiger partial charge in [-0.1, -0.05) is 26.2 Å². The molecular formula is C14H25F2N. The lowest BCUT2D eigenvalue weighted by Gasteiger charge is -2.30. The number of rotatable bonds is 4. The maximum atomic E-state index is 13.0. The highest BCUT2D eigenvalue weighted by atomic mass is 19.3. The summed E-state index contributed by atoms with van der Waals surface area (Å²) < 4.78 is 26.1. The molecule has 3 unspecified atom stereocenters. The van der Waals surface area contributed by atoms with Crippen molar-refractivity contribution in [2.24, 2.45) is 11.8 Å². The Labute approximate surface area is 103 Å². The Hall–Kier alpha value is -0.180. The average Bonchev–Trinajstić information content (AvgIpc) is 2.67. The summed E-state index contributed by atoms with van der Waals surface area (Å²) in [6.07, 6.45) is 7.31. The zero-order chi connectivity index (χ0) is 12.3. The van der Waals surface area contributed by atoms with Crippen LogP contribution in [0.5, 0.6) is 0 Å². The number of halogens is 2. The minimum atomic E-state index is -2.38. The lowest BCUT2D eigenvalue weighted by atomic mass is 9.84. The van der Waals surface area contributed by atoms with Gasteiger partial charge in [0.2, 0.25) is 5.92 Å². The van der Waals surface area contributed by atoms with E-state index in [1.54, 1.807) is 0 Å². The molecule has 17 heavy (non-hydrogen) atoms. The molecule has 0 aromatic rings. The predicted octanol–water partition coefficient (Wildman–Crippen LogP) is 3.98. The molecule has 2 saturated carbocycles. The maximum absolute atomic E-state index is 13.0. The van der Waals surface area contributed by atoms with Crippen molar-refractivity contribution < 1.29 is 8.78 Å². The van der Waals surface area contributed by atoms with E-state index in [1.165, 1.54) is 32.1 Å². The Balaban J connectivity index is 1.68. The van der Waals surface area contributed by atoms with E-state index in [4.69, 9.17) is 0 Å². The second-order valence-corrected chi connectivity index (χ2v) is 6.01. The normalized spacial score (nSPS) is 37.2. The van der Waals surface area contributed by atoms with Crippen LogP contribution in [-0.2, 0) is 0 Å². The van der Waals surface area contributed by atoms with Gasteiger partial charge < -0.3 is 5.32 Å². The van der Waals surface area contributed by atoms with Crippen molar-refractivity contribution in [1.82, 2.24) is 5.32 Å². The molecule has 0 radical (unpaired) electrons. The Bertz CT molecular complexity index is 242. The molecule has 0 saturated heterocycles. The van der Waals surface area contributed by atoms with Gasteiger partial charge in [0.1, 0.15) is 0 Å². The summed E-state index contributed by atoms with van der Waals surface area (Å²) in [7, 11) is 0. The summed E-state index contributed by atoms with van der Waals surface area (Å²) >= 11 is 0. The van der Waals surface area contributed by atoms with Crippen LogP contribution in [0.2, 0.25) is 0 Å². The molecule has 1 N–H and O–H groups in total. The SMILES string of the molecule is CCC1CCCC(NCC2CCC(F)(F)C2)C1. The van der Waals surface area contributed by atoms with Crippen LogP contribution in [0.1, 0.15) is 58.3 Å². The lowest BCUT2D eigenvalue weighted by molar-refractivity contribution is 0.00490. The molecule has 3 atom stereocenters. The Morgan fingerprint density at radius 3 is 2.65 bits per heavy atom. The molecule has 0 heterocycles. The van der Waals surface area contributed by atoms with Gasteiger partial charge in [0.15, 0.2) is 0 Å². The molecule has 100 valence electrons. The smallest absolute Gasteiger partial charge is 0.248 e. The number of hydrogen-bond acceptors (Lipinski definition) is 1. The van der Waals surface area contributed by atoms with Crippen LogP contribution >= 0.6 is 0 Å². The first-order chi connectivity index (χ1) is 8.09. The molecule has 2 rings (SSSR count). The fourth-order valence-electron chi connectivity index (χ4n) is 3.40. The second-order valence-electron chi connectivity index (χ2n) is 6.01. The van der Waals surface area contributed by atoms with E-state index in [0.29, 0.717) is 12.5 Å². The van der Waals surface area contributed by atoms with E-state index in [-0.39, 0.29) is 18.8 Å². The summed E-state index contributed by atoms with van der Waals surface area (Å²) in [6, 6.07) is 0.586. The molecule has 1 nitrogen and oxygen atoms in total. The minimum absolute atomic E-state index is 0.0988. The lowest BCUT2D eigenvalue weighted by Crippen LogP contribution is -2.36. The Morgan fingerprint density at radius 2 is 2.00 bits per heavy atom. The minimum Gasteiger partial charge on any atom is -0.314 e. The van der Waals surface area contributed by atoms with Crippen molar-refractivity contribution in [1.29, 1.82) is 0 Å². The summed E-state index contributed by atoms with van der Waals surface area (Å²) in [5.41, 5.74) is 0. The van der Waals surface area contributed by atoms with Crippen LogP contribution in [0.4, 0.5) is 8.78 Å². The van der Waals surface area contributed by atoms with Crippen molar-refractivity contribution in [3.8, 4) is 0 Å². The molecule has 0 bridgehead atoms. The maximum Gasteiger partial charge on any atom is 0.248 e. The van der Waals surface area contributed by atoms with Crippen LogP contribution in [0.3, 0.4) is 0 Å². The molecule has 2 aliphatic carbocycles. The van der Waals surface area contributed by atoms with Gasteiger partial charge >= 0.3 is 0 Å². The van der Waals surface area contributed by atoms with Crippen LogP contribution in [0.15, 0.2) is 0 Å². The van der Waals surface area contributed by atoms with E-state index in [9.17, 15) is 8.78 Å². The fraction of sp³-hybridized carbons (Fsp3) is 1.00. The number of hydrogen-bond donors (Lipinski definition) is 1. The highest BCUT2D eigenvalue weighted by Gasteiger charge is 2.39. The van der Waals surface area contributed by atoms with E-state index in [1.807, 2.05) is 0 Å². The van der Waals surface area contributed by atoms with Crippen molar-refractivity contribution in [2.45, 2.75) is 70.3 Å². The van der Waals surface area contributed by atoms with E-state index >= 15 is 0 Å². The highest BCUT2D eigenvalue weighted by molar-refractivity contribution is 4.84. The molecule has 0 spiro atoms. The molecule has 3 heteroatoms.